The lowest BCUT2D eigenvalue weighted by atomic mass is 9.88. The second-order valence-corrected chi connectivity index (χ2v) is 7.89. The maximum Gasteiger partial charge on any atom is 0.270 e. The number of aromatic amines is 1. The van der Waals surface area contributed by atoms with Crippen molar-refractivity contribution in [2.75, 3.05) is 18.0 Å². The molecule has 1 fully saturated rings. The molecular formula is C22H28ClF2N5O3. The molecular weight excluding hydrogens is 456 g/mol. The van der Waals surface area contributed by atoms with Gasteiger partial charge in [-0.05, 0) is 32.8 Å². The zero-order valence-electron chi connectivity index (χ0n) is 18.6. The van der Waals surface area contributed by atoms with Crippen LogP contribution in [0.2, 0.25) is 5.02 Å². The van der Waals surface area contributed by atoms with E-state index in [2.05, 4.69) is 15.3 Å². The SMILES string of the molecule is CCN(C(=O)C1CCCCC1)c1cc(F)c(F)cc1Cl.CCNC(=O)c1[nH]cnc1C(N)=O. The average Bonchev–Trinajstić information content (AvgIpc) is 3.29. The minimum absolute atomic E-state index is 0.0344. The summed E-state index contributed by atoms with van der Waals surface area (Å²) in [4.78, 5) is 42.2. The van der Waals surface area contributed by atoms with E-state index in [-0.39, 0.29) is 39.8 Å². The van der Waals surface area contributed by atoms with E-state index in [0.717, 1.165) is 44.2 Å². The van der Waals surface area contributed by atoms with E-state index >= 15 is 0 Å². The first-order chi connectivity index (χ1) is 15.7. The van der Waals surface area contributed by atoms with Crippen molar-refractivity contribution in [3.63, 3.8) is 0 Å². The Bertz CT molecular complexity index is 992. The molecule has 3 rings (SSSR count). The van der Waals surface area contributed by atoms with Gasteiger partial charge in [-0.15, -0.1) is 0 Å². The smallest absolute Gasteiger partial charge is 0.270 e. The van der Waals surface area contributed by atoms with Crippen molar-refractivity contribution in [1.29, 1.82) is 0 Å². The lowest BCUT2D eigenvalue weighted by Crippen LogP contribution is -2.37. The van der Waals surface area contributed by atoms with Crippen molar-refractivity contribution in [1.82, 2.24) is 15.3 Å². The number of primary amides is 1. The van der Waals surface area contributed by atoms with Crippen LogP contribution in [-0.4, -0.2) is 40.8 Å². The molecule has 3 amide bonds. The number of rotatable bonds is 6. The Morgan fingerprint density at radius 3 is 2.39 bits per heavy atom. The van der Waals surface area contributed by atoms with Crippen molar-refractivity contribution in [3.8, 4) is 0 Å². The first kappa shape index (κ1) is 26.2. The lowest BCUT2D eigenvalue weighted by Gasteiger charge is -2.29. The number of carbonyl (C=O) groups is 3. The van der Waals surface area contributed by atoms with E-state index in [1.807, 2.05) is 0 Å². The molecule has 1 aliphatic carbocycles. The highest BCUT2D eigenvalue weighted by atomic mass is 35.5. The van der Waals surface area contributed by atoms with Gasteiger partial charge in [0, 0.05) is 25.1 Å². The van der Waals surface area contributed by atoms with Gasteiger partial charge in [0.2, 0.25) is 5.91 Å². The zero-order valence-corrected chi connectivity index (χ0v) is 19.3. The first-order valence-corrected chi connectivity index (χ1v) is 11.2. The predicted octanol–water partition coefficient (Wildman–Crippen LogP) is 3.81. The zero-order chi connectivity index (χ0) is 24.5. The second kappa shape index (κ2) is 12.3. The Morgan fingerprint density at radius 1 is 1.18 bits per heavy atom. The molecule has 0 spiro atoms. The Labute approximate surface area is 195 Å². The minimum Gasteiger partial charge on any atom is -0.364 e. The number of hydrogen-bond donors (Lipinski definition) is 3. The van der Waals surface area contributed by atoms with E-state index in [1.54, 1.807) is 13.8 Å². The number of hydrogen-bond acceptors (Lipinski definition) is 4. The fourth-order valence-electron chi connectivity index (χ4n) is 3.64. The number of halogens is 3. The quantitative estimate of drug-likeness (QED) is 0.541. The summed E-state index contributed by atoms with van der Waals surface area (Å²) in [5.74, 6) is -3.16. The van der Waals surface area contributed by atoms with Crippen LogP contribution in [0, 0.1) is 17.6 Å². The number of aromatic nitrogens is 2. The highest BCUT2D eigenvalue weighted by Gasteiger charge is 2.27. The van der Waals surface area contributed by atoms with Gasteiger partial charge in [0.05, 0.1) is 17.0 Å². The number of imidazole rings is 1. The third kappa shape index (κ3) is 6.74. The molecule has 1 aliphatic rings. The summed E-state index contributed by atoms with van der Waals surface area (Å²) in [7, 11) is 0. The Balaban J connectivity index is 0.000000257. The highest BCUT2D eigenvalue weighted by Crippen LogP contribution is 2.32. The van der Waals surface area contributed by atoms with Crippen LogP contribution in [0.3, 0.4) is 0 Å². The van der Waals surface area contributed by atoms with E-state index < -0.39 is 17.5 Å². The molecule has 1 heterocycles. The van der Waals surface area contributed by atoms with E-state index in [0.29, 0.717) is 13.1 Å². The molecule has 8 nitrogen and oxygen atoms in total. The molecule has 0 saturated heterocycles. The number of nitrogens with two attached hydrogens (primary N) is 1. The number of nitrogens with one attached hydrogen (secondary N) is 2. The van der Waals surface area contributed by atoms with Gasteiger partial charge in [-0.3, -0.25) is 14.4 Å². The molecule has 4 N–H and O–H groups in total. The van der Waals surface area contributed by atoms with Crippen molar-refractivity contribution in [2.24, 2.45) is 11.7 Å². The van der Waals surface area contributed by atoms with Gasteiger partial charge in [0.15, 0.2) is 17.3 Å². The van der Waals surface area contributed by atoms with E-state index in [9.17, 15) is 23.2 Å². The standard InChI is InChI=1S/C15H18ClF2NO.C7H10N4O2/c1-2-19(15(20)10-6-4-3-5-7-10)14-9-13(18)12(17)8-11(14)16;1-2-9-7(13)5-4(6(8)12)10-3-11-5/h8-10H,2-7H2,1H3;3H,2H2,1H3,(H2,8,12)(H,9,13)(H,10,11). The number of amides is 3. The van der Waals surface area contributed by atoms with Crippen molar-refractivity contribution in [2.45, 2.75) is 46.0 Å². The van der Waals surface area contributed by atoms with Gasteiger partial charge in [-0.1, -0.05) is 30.9 Å². The molecule has 1 aromatic carbocycles. The van der Waals surface area contributed by atoms with Gasteiger partial charge >= 0.3 is 0 Å². The van der Waals surface area contributed by atoms with Crippen molar-refractivity contribution < 1.29 is 23.2 Å². The largest absolute Gasteiger partial charge is 0.364 e. The number of carbonyl (C=O) groups excluding carboxylic acids is 3. The summed E-state index contributed by atoms with van der Waals surface area (Å²) < 4.78 is 26.5. The molecule has 33 heavy (non-hydrogen) atoms. The van der Waals surface area contributed by atoms with Crippen LogP contribution in [-0.2, 0) is 4.79 Å². The van der Waals surface area contributed by atoms with Gasteiger partial charge in [0.1, 0.15) is 5.69 Å². The maximum atomic E-state index is 13.4. The molecule has 2 aromatic rings. The number of benzene rings is 1. The van der Waals surface area contributed by atoms with Crippen molar-refractivity contribution in [3.05, 3.63) is 46.5 Å². The monoisotopic (exact) mass is 483 g/mol. The van der Waals surface area contributed by atoms with Crippen LogP contribution in [0.4, 0.5) is 14.5 Å². The summed E-state index contributed by atoms with van der Waals surface area (Å²) in [6.07, 6.45) is 6.21. The predicted molar refractivity (Wildman–Crippen MR) is 121 cm³/mol. The van der Waals surface area contributed by atoms with Crippen LogP contribution >= 0.6 is 11.6 Å². The van der Waals surface area contributed by atoms with Gasteiger partial charge in [-0.2, -0.15) is 0 Å². The molecule has 11 heteroatoms. The Kier molecular flexibility index (Phi) is 9.77. The van der Waals surface area contributed by atoms with Gasteiger partial charge in [-0.25, -0.2) is 13.8 Å². The van der Waals surface area contributed by atoms with E-state index in [1.165, 1.54) is 11.2 Å². The van der Waals surface area contributed by atoms with Gasteiger partial charge in [0.25, 0.3) is 11.8 Å². The summed E-state index contributed by atoms with van der Waals surface area (Å²) in [6.45, 7) is 4.45. The molecule has 0 aliphatic heterocycles. The highest BCUT2D eigenvalue weighted by molar-refractivity contribution is 6.33. The molecule has 0 unspecified atom stereocenters. The van der Waals surface area contributed by atoms with Crippen molar-refractivity contribution >= 4 is 35.0 Å². The third-order valence-electron chi connectivity index (χ3n) is 5.25. The second-order valence-electron chi connectivity index (χ2n) is 7.49. The third-order valence-corrected chi connectivity index (χ3v) is 5.56. The normalized spacial score (nSPS) is 13.6. The number of H-pyrrole nitrogens is 1. The lowest BCUT2D eigenvalue weighted by molar-refractivity contribution is -0.123. The van der Waals surface area contributed by atoms with Crippen LogP contribution < -0.4 is 16.0 Å². The van der Waals surface area contributed by atoms with Crippen LogP contribution in [0.15, 0.2) is 18.5 Å². The number of anilines is 1. The summed E-state index contributed by atoms with van der Waals surface area (Å²) in [5.41, 5.74) is 5.31. The van der Waals surface area contributed by atoms with Crippen LogP contribution in [0.5, 0.6) is 0 Å². The Hall–Kier alpha value is -3.01. The van der Waals surface area contributed by atoms with Gasteiger partial charge < -0.3 is 20.9 Å². The van der Waals surface area contributed by atoms with Crippen LogP contribution in [0.25, 0.3) is 0 Å². The molecule has 1 aromatic heterocycles. The fourth-order valence-corrected chi connectivity index (χ4v) is 3.89. The molecule has 180 valence electrons. The topological polar surface area (TPSA) is 121 Å². The summed E-state index contributed by atoms with van der Waals surface area (Å²) in [6, 6.07) is 1.92. The average molecular weight is 484 g/mol. The molecule has 1 saturated carbocycles. The summed E-state index contributed by atoms with van der Waals surface area (Å²) in [5, 5.41) is 2.59. The number of nitrogens with zero attached hydrogens (tertiary/aromatic N) is 2. The summed E-state index contributed by atoms with van der Waals surface area (Å²) >= 11 is 5.96. The Morgan fingerprint density at radius 2 is 1.82 bits per heavy atom. The minimum atomic E-state index is -1.00. The van der Waals surface area contributed by atoms with Crippen LogP contribution in [0.1, 0.15) is 66.9 Å². The molecule has 0 radical (unpaired) electrons. The molecule has 0 bridgehead atoms. The van der Waals surface area contributed by atoms with E-state index in [4.69, 9.17) is 17.3 Å². The molecule has 0 atom stereocenters. The fraction of sp³-hybridized carbons (Fsp3) is 0.455. The first-order valence-electron chi connectivity index (χ1n) is 10.8. The maximum absolute atomic E-state index is 13.4.